The van der Waals surface area contributed by atoms with E-state index in [4.69, 9.17) is 10.5 Å². The molecule has 0 radical (unpaired) electrons. The third-order valence-corrected chi connectivity index (χ3v) is 3.23. The van der Waals surface area contributed by atoms with Crippen molar-refractivity contribution in [3.63, 3.8) is 0 Å². The lowest BCUT2D eigenvalue weighted by atomic mass is 10.0. The van der Waals surface area contributed by atoms with Crippen LogP contribution in [-0.4, -0.2) is 45.7 Å². The minimum Gasteiger partial charge on any atom is -0.382 e. The molecule has 3 heterocycles. The van der Waals surface area contributed by atoms with Crippen molar-refractivity contribution in [2.45, 2.75) is 18.9 Å². The van der Waals surface area contributed by atoms with Crippen LogP contribution in [0.1, 0.15) is 18.7 Å². The van der Waals surface area contributed by atoms with Gasteiger partial charge < -0.3 is 20.8 Å². The van der Waals surface area contributed by atoms with Crippen LogP contribution in [0.4, 0.5) is 5.82 Å². The number of rotatable bonds is 3. The minimum atomic E-state index is 0.207. The van der Waals surface area contributed by atoms with E-state index in [9.17, 15) is 0 Å². The lowest BCUT2D eigenvalue weighted by molar-refractivity contribution is 0.187. The summed E-state index contributed by atoms with van der Waals surface area (Å²) in [5, 5.41) is 3.40. The summed E-state index contributed by atoms with van der Waals surface area (Å²) < 4.78 is 5.51. The maximum atomic E-state index is 5.79. The summed E-state index contributed by atoms with van der Waals surface area (Å²) in [6, 6.07) is 0.282. The van der Waals surface area contributed by atoms with Gasteiger partial charge in [-0.15, -0.1) is 0 Å². The number of nitrogens with zero attached hydrogens (tertiary/aromatic N) is 3. The Hall–Kier alpha value is -1.73. The molecule has 2 aromatic rings. The van der Waals surface area contributed by atoms with E-state index in [1.807, 2.05) is 0 Å². The molecular formula is C11H16N6O. The Morgan fingerprint density at radius 1 is 1.50 bits per heavy atom. The topological polar surface area (TPSA) is 102 Å². The second-order valence-corrected chi connectivity index (χ2v) is 4.39. The minimum absolute atomic E-state index is 0.207. The molecule has 2 atom stereocenters. The molecule has 0 amide bonds. The van der Waals surface area contributed by atoms with Crippen molar-refractivity contribution >= 4 is 17.0 Å². The number of aromatic nitrogens is 4. The van der Waals surface area contributed by atoms with Gasteiger partial charge in [0.25, 0.3) is 0 Å². The number of nitrogen functional groups attached to an aromatic ring is 1. The number of fused-ring (bicyclic) bond motifs is 1. The molecule has 3 rings (SSSR count). The molecule has 1 aliphatic heterocycles. The zero-order valence-electron chi connectivity index (χ0n) is 10.2. The van der Waals surface area contributed by atoms with Crippen LogP contribution in [0.2, 0.25) is 0 Å². The standard InChI is InChI=1S/C11H16N6O/c1-2-13-7-4-18-3-6(7)10-16-8-9(12)14-5-15-11(8)17-10/h5-7,13H,2-4H2,1H3,(H3,12,14,15,16,17). The van der Waals surface area contributed by atoms with Crippen molar-refractivity contribution in [3.05, 3.63) is 12.2 Å². The Morgan fingerprint density at radius 2 is 2.39 bits per heavy atom. The number of anilines is 1. The van der Waals surface area contributed by atoms with E-state index < -0.39 is 0 Å². The van der Waals surface area contributed by atoms with Crippen molar-refractivity contribution < 1.29 is 4.74 Å². The van der Waals surface area contributed by atoms with Crippen molar-refractivity contribution in [2.24, 2.45) is 0 Å². The van der Waals surface area contributed by atoms with Gasteiger partial charge in [0.2, 0.25) is 0 Å². The van der Waals surface area contributed by atoms with E-state index in [0.717, 1.165) is 12.4 Å². The van der Waals surface area contributed by atoms with Crippen LogP contribution in [0.15, 0.2) is 6.33 Å². The molecule has 0 saturated carbocycles. The van der Waals surface area contributed by atoms with Crippen LogP contribution in [0.5, 0.6) is 0 Å². The molecule has 0 spiro atoms. The zero-order valence-corrected chi connectivity index (χ0v) is 10.2. The van der Waals surface area contributed by atoms with E-state index in [-0.39, 0.29) is 12.0 Å². The first kappa shape index (κ1) is 11.4. The van der Waals surface area contributed by atoms with Crippen LogP contribution >= 0.6 is 0 Å². The van der Waals surface area contributed by atoms with E-state index >= 15 is 0 Å². The Labute approximate surface area is 104 Å². The van der Waals surface area contributed by atoms with Gasteiger partial charge in [-0.25, -0.2) is 15.0 Å². The first-order valence-corrected chi connectivity index (χ1v) is 6.06. The predicted octanol–water partition coefficient (Wildman–Crippen LogP) is 0.0270. The number of hydrogen-bond donors (Lipinski definition) is 3. The highest BCUT2D eigenvalue weighted by molar-refractivity contribution is 5.81. The van der Waals surface area contributed by atoms with Crippen molar-refractivity contribution in [1.29, 1.82) is 0 Å². The first-order valence-electron chi connectivity index (χ1n) is 6.06. The molecule has 1 aliphatic rings. The molecule has 96 valence electrons. The van der Waals surface area contributed by atoms with Crippen LogP contribution in [-0.2, 0) is 4.74 Å². The van der Waals surface area contributed by atoms with Gasteiger partial charge in [0.15, 0.2) is 11.5 Å². The summed E-state index contributed by atoms with van der Waals surface area (Å²) >= 11 is 0. The van der Waals surface area contributed by atoms with Crippen LogP contribution < -0.4 is 11.1 Å². The van der Waals surface area contributed by atoms with Gasteiger partial charge in [-0.05, 0) is 6.54 Å². The van der Waals surface area contributed by atoms with Crippen LogP contribution in [0.25, 0.3) is 11.2 Å². The molecule has 18 heavy (non-hydrogen) atoms. The molecule has 4 N–H and O–H groups in total. The first-order chi connectivity index (χ1) is 8.79. The predicted molar refractivity (Wildman–Crippen MR) is 67.1 cm³/mol. The Morgan fingerprint density at radius 3 is 3.17 bits per heavy atom. The number of H-pyrrole nitrogens is 1. The highest BCUT2D eigenvalue weighted by Crippen LogP contribution is 2.26. The van der Waals surface area contributed by atoms with Gasteiger partial charge in [-0.1, -0.05) is 6.92 Å². The molecule has 2 unspecified atom stereocenters. The fourth-order valence-electron chi connectivity index (χ4n) is 2.33. The maximum absolute atomic E-state index is 5.79. The molecule has 7 nitrogen and oxygen atoms in total. The third-order valence-electron chi connectivity index (χ3n) is 3.23. The average molecular weight is 248 g/mol. The monoisotopic (exact) mass is 248 g/mol. The van der Waals surface area contributed by atoms with Crippen LogP contribution in [0, 0.1) is 0 Å². The van der Waals surface area contributed by atoms with E-state index in [1.165, 1.54) is 6.33 Å². The molecular weight excluding hydrogens is 232 g/mol. The number of aromatic amines is 1. The zero-order chi connectivity index (χ0) is 12.5. The molecule has 1 saturated heterocycles. The lowest BCUT2D eigenvalue weighted by Crippen LogP contribution is -2.34. The van der Waals surface area contributed by atoms with Gasteiger partial charge in [0, 0.05) is 6.04 Å². The van der Waals surface area contributed by atoms with Gasteiger partial charge >= 0.3 is 0 Å². The molecule has 0 bridgehead atoms. The molecule has 0 aromatic carbocycles. The quantitative estimate of drug-likeness (QED) is 0.708. The van der Waals surface area contributed by atoms with Crippen LogP contribution in [0.3, 0.4) is 0 Å². The maximum Gasteiger partial charge on any atom is 0.183 e. The molecule has 7 heteroatoms. The Balaban J connectivity index is 1.96. The van der Waals surface area contributed by atoms with E-state index in [1.54, 1.807) is 0 Å². The summed E-state index contributed by atoms with van der Waals surface area (Å²) in [6.07, 6.45) is 1.43. The fraction of sp³-hybridized carbons (Fsp3) is 0.545. The SMILES string of the molecule is CCNC1COCC1c1nc2ncnc(N)c2[nH]1. The highest BCUT2D eigenvalue weighted by Gasteiger charge is 2.31. The molecule has 1 fully saturated rings. The summed E-state index contributed by atoms with van der Waals surface area (Å²) in [7, 11) is 0. The summed E-state index contributed by atoms with van der Waals surface area (Å²) in [5.41, 5.74) is 7.11. The van der Waals surface area contributed by atoms with Gasteiger partial charge in [0.1, 0.15) is 17.7 Å². The van der Waals surface area contributed by atoms with Crippen molar-refractivity contribution in [1.82, 2.24) is 25.3 Å². The van der Waals surface area contributed by atoms with Gasteiger partial charge in [-0.2, -0.15) is 0 Å². The van der Waals surface area contributed by atoms with E-state index in [2.05, 4.69) is 32.2 Å². The number of likely N-dealkylation sites (N-methyl/N-ethyl adjacent to an activating group) is 1. The number of hydrogen-bond acceptors (Lipinski definition) is 6. The number of imidazole rings is 1. The normalized spacial score (nSPS) is 23.8. The Bertz CT molecular complexity index is 553. The second-order valence-electron chi connectivity index (χ2n) is 4.39. The fourth-order valence-corrected chi connectivity index (χ4v) is 2.33. The second kappa shape index (κ2) is 4.51. The largest absolute Gasteiger partial charge is 0.382 e. The third kappa shape index (κ3) is 1.81. The van der Waals surface area contributed by atoms with Crippen molar-refractivity contribution in [2.75, 3.05) is 25.5 Å². The Kier molecular flexibility index (Phi) is 2.85. The highest BCUT2D eigenvalue weighted by atomic mass is 16.5. The van der Waals surface area contributed by atoms with Crippen molar-refractivity contribution in [3.8, 4) is 0 Å². The smallest absolute Gasteiger partial charge is 0.183 e. The molecule has 0 aliphatic carbocycles. The summed E-state index contributed by atoms with van der Waals surface area (Å²) in [4.78, 5) is 15.8. The average Bonchev–Trinajstić information content (AvgIpc) is 2.95. The summed E-state index contributed by atoms with van der Waals surface area (Å²) in [6.45, 7) is 4.35. The number of nitrogens with one attached hydrogen (secondary N) is 2. The van der Waals surface area contributed by atoms with E-state index in [0.29, 0.717) is 30.2 Å². The summed E-state index contributed by atoms with van der Waals surface area (Å²) in [5.74, 6) is 1.50. The molecule has 2 aromatic heterocycles. The van der Waals surface area contributed by atoms with Gasteiger partial charge in [-0.3, -0.25) is 0 Å². The lowest BCUT2D eigenvalue weighted by Gasteiger charge is -2.15. The van der Waals surface area contributed by atoms with Gasteiger partial charge in [0.05, 0.1) is 19.1 Å². The number of ether oxygens (including phenoxy) is 1. The number of nitrogens with two attached hydrogens (primary N) is 1.